The van der Waals surface area contributed by atoms with E-state index in [9.17, 15) is 21.6 Å². The summed E-state index contributed by atoms with van der Waals surface area (Å²) in [7, 11) is -5.17. The first-order valence-corrected chi connectivity index (χ1v) is 22.6. The van der Waals surface area contributed by atoms with Gasteiger partial charge in [0.05, 0.1) is 16.0 Å². The Morgan fingerprint density at radius 1 is 1.00 bits per heavy atom. The molecule has 1 saturated heterocycles. The minimum atomic E-state index is -4.39. The Hall–Kier alpha value is -0.840. The number of nitrogens with one attached hydrogen (secondary N) is 1. The molecule has 0 bridgehead atoms. The van der Waals surface area contributed by atoms with Crippen LogP contribution in [-0.2, 0) is 14.0 Å². The summed E-state index contributed by atoms with van der Waals surface area (Å²) in [6, 6.07) is 0. The minimum absolute atomic E-state index is 0.00485. The maximum Gasteiger partial charge on any atom is 0.470 e. The lowest BCUT2D eigenvalue weighted by atomic mass is 9.33. The first kappa shape index (κ1) is 38.9. The van der Waals surface area contributed by atoms with E-state index >= 15 is 0 Å². The lowest BCUT2D eigenvalue weighted by Gasteiger charge is -2.72. The summed E-state index contributed by atoms with van der Waals surface area (Å²) in [6.07, 6.45) is 14.9. The number of nitrogens with zero attached hydrogens (tertiary/aromatic N) is 1. The average molecular weight is 743 g/mol. The van der Waals surface area contributed by atoms with Gasteiger partial charge in [-0.25, -0.2) is 8.42 Å². The van der Waals surface area contributed by atoms with Crippen molar-refractivity contribution >= 4 is 26.0 Å². The SMILES string of the molecule is C=C(C)C1CCC2(NCCN3CCC(S(C)(=O)=O)CC3)CCC3(C)C(CCC4C5(C)CC=C(OS(=CC)C(F)(F)F)C(C)(C)C5CCC43C)C12. The number of allylic oxidation sites excluding steroid dienone is 3. The van der Waals surface area contributed by atoms with Gasteiger partial charge in [-0.1, -0.05) is 46.8 Å². The average Bonchev–Trinajstić information content (AvgIpc) is 3.40. The number of sulfone groups is 1. The second kappa shape index (κ2) is 13.2. The van der Waals surface area contributed by atoms with E-state index in [1.54, 1.807) is 0 Å². The normalized spacial score (nSPS) is 42.9. The van der Waals surface area contributed by atoms with Crippen LogP contribution in [0.2, 0.25) is 0 Å². The van der Waals surface area contributed by atoms with Gasteiger partial charge in [0.1, 0.15) is 15.6 Å². The largest absolute Gasteiger partial charge is 0.470 e. The molecule has 0 radical (unpaired) electrons. The van der Waals surface area contributed by atoms with Crippen molar-refractivity contribution in [2.75, 3.05) is 32.4 Å². The highest BCUT2D eigenvalue weighted by atomic mass is 32.2. The fourth-order valence-electron chi connectivity index (χ4n) is 13.5. The highest BCUT2D eigenvalue weighted by molar-refractivity contribution is 8.11. The third-order valence-electron chi connectivity index (χ3n) is 16.2. The van der Waals surface area contributed by atoms with Crippen LogP contribution in [0.1, 0.15) is 119 Å². The Morgan fingerprint density at radius 2 is 1.68 bits per heavy atom. The van der Waals surface area contributed by atoms with E-state index in [1.165, 1.54) is 57.3 Å². The molecule has 50 heavy (non-hydrogen) atoms. The Labute approximate surface area is 304 Å². The molecule has 4 saturated carbocycles. The zero-order valence-corrected chi connectivity index (χ0v) is 33.7. The second-order valence-electron chi connectivity index (χ2n) is 18.7. The first-order valence-electron chi connectivity index (χ1n) is 19.4. The minimum Gasteiger partial charge on any atom is -0.430 e. The molecule has 0 aromatic carbocycles. The third kappa shape index (κ3) is 6.21. The lowest BCUT2D eigenvalue weighted by Crippen LogP contribution is -2.68. The second-order valence-corrected chi connectivity index (χ2v) is 22.7. The van der Waals surface area contributed by atoms with E-state index < -0.39 is 31.5 Å². The van der Waals surface area contributed by atoms with Crippen LogP contribution in [0.3, 0.4) is 0 Å². The van der Waals surface area contributed by atoms with Crippen LogP contribution in [-0.4, -0.2) is 67.4 Å². The molecule has 6 rings (SSSR count). The van der Waals surface area contributed by atoms with Crippen LogP contribution < -0.4 is 5.32 Å². The topological polar surface area (TPSA) is 58.6 Å². The van der Waals surface area contributed by atoms with Crippen molar-refractivity contribution in [3.63, 3.8) is 0 Å². The van der Waals surface area contributed by atoms with Gasteiger partial charge in [-0.3, -0.25) is 0 Å². The Morgan fingerprint density at radius 3 is 2.28 bits per heavy atom. The maximum absolute atomic E-state index is 13.8. The summed E-state index contributed by atoms with van der Waals surface area (Å²) in [5.41, 5.74) is -3.10. The summed E-state index contributed by atoms with van der Waals surface area (Å²) in [4.78, 5) is 2.45. The molecular formula is C40H65F3N2O3S2. The molecule has 10 heteroatoms. The summed E-state index contributed by atoms with van der Waals surface area (Å²) in [5.74, 6) is 2.96. The van der Waals surface area contributed by atoms with Crippen molar-refractivity contribution in [3.8, 4) is 0 Å². The summed E-state index contributed by atoms with van der Waals surface area (Å²) < 4.78 is 71.4. The number of halogens is 3. The van der Waals surface area contributed by atoms with Crippen LogP contribution >= 0.6 is 10.8 Å². The highest BCUT2D eigenvalue weighted by Gasteiger charge is 2.70. The number of hydrogen-bond donors (Lipinski definition) is 1. The van der Waals surface area contributed by atoms with Gasteiger partial charge < -0.3 is 14.4 Å². The maximum atomic E-state index is 13.8. The van der Waals surface area contributed by atoms with E-state index in [2.05, 4.69) is 58.3 Å². The van der Waals surface area contributed by atoms with Crippen LogP contribution in [0.5, 0.6) is 0 Å². The molecule has 0 spiro atoms. The summed E-state index contributed by atoms with van der Waals surface area (Å²) in [5, 5.41) is 5.16. The van der Waals surface area contributed by atoms with E-state index in [-0.39, 0.29) is 33.0 Å². The highest BCUT2D eigenvalue weighted by Crippen LogP contribution is 2.76. The lowest BCUT2D eigenvalue weighted by molar-refractivity contribution is -0.223. The molecule has 5 fully saturated rings. The molecule has 1 N–H and O–H groups in total. The van der Waals surface area contributed by atoms with Gasteiger partial charge in [-0.2, -0.15) is 13.2 Å². The molecule has 10 unspecified atom stereocenters. The molecular weight excluding hydrogens is 678 g/mol. The molecule has 286 valence electrons. The quantitative estimate of drug-likeness (QED) is 0.198. The Balaban J connectivity index is 1.22. The molecule has 0 aromatic rings. The van der Waals surface area contributed by atoms with Crippen LogP contribution in [0.15, 0.2) is 24.0 Å². The number of alkyl halides is 3. The molecule has 10 atom stereocenters. The van der Waals surface area contributed by atoms with Crippen LogP contribution in [0, 0.1) is 51.2 Å². The zero-order valence-electron chi connectivity index (χ0n) is 32.1. The van der Waals surface area contributed by atoms with Gasteiger partial charge in [-0.05, 0) is 155 Å². The van der Waals surface area contributed by atoms with Gasteiger partial charge in [0.25, 0.3) is 0 Å². The van der Waals surface area contributed by atoms with E-state index in [1.807, 2.05) is 6.08 Å². The molecule has 0 aromatic heterocycles. The molecule has 5 nitrogen and oxygen atoms in total. The van der Waals surface area contributed by atoms with Crippen molar-refractivity contribution in [1.29, 1.82) is 0 Å². The van der Waals surface area contributed by atoms with Crippen molar-refractivity contribution in [3.05, 3.63) is 24.0 Å². The number of piperidine rings is 1. The van der Waals surface area contributed by atoms with Crippen molar-refractivity contribution in [1.82, 2.24) is 10.2 Å². The van der Waals surface area contributed by atoms with Crippen molar-refractivity contribution in [2.24, 2.45) is 51.2 Å². The van der Waals surface area contributed by atoms with Gasteiger partial charge in [0.15, 0.2) is 0 Å². The van der Waals surface area contributed by atoms with Crippen molar-refractivity contribution in [2.45, 2.75) is 135 Å². The third-order valence-corrected chi connectivity index (χ3v) is 19.2. The van der Waals surface area contributed by atoms with Crippen molar-refractivity contribution < 1.29 is 25.8 Å². The van der Waals surface area contributed by atoms with Gasteiger partial charge in [0, 0.05) is 30.3 Å². The van der Waals surface area contributed by atoms with E-state index in [0.29, 0.717) is 29.4 Å². The van der Waals surface area contributed by atoms with Gasteiger partial charge in [0.2, 0.25) is 0 Å². The summed E-state index contributed by atoms with van der Waals surface area (Å²) in [6.45, 7) is 23.8. The van der Waals surface area contributed by atoms with E-state index in [0.717, 1.165) is 63.7 Å². The van der Waals surface area contributed by atoms with E-state index in [4.69, 9.17) is 4.18 Å². The molecule has 5 aliphatic carbocycles. The molecule has 0 amide bonds. The zero-order chi connectivity index (χ0) is 36.7. The fourth-order valence-corrected chi connectivity index (χ4v) is 15.5. The number of likely N-dealkylation sites (tertiary alicyclic amines) is 1. The standard InChI is InChI=1S/C40H65F3N2O3S2/c1-10-49(40(41,42)43)48-33-15-18-36(6)31(35(33,4)5)14-19-38(8)32(36)12-11-30-34-29(27(2)3)13-20-39(34,22-21-37(30,38)7)44-23-26-45-24-16-28(17-25-45)50(9,46)47/h10,15,28-32,34,44H,2,11-14,16-26H2,1,3-9H3. The van der Waals surface area contributed by atoms with Gasteiger partial charge >= 0.3 is 5.51 Å². The number of hydrogen-bond acceptors (Lipinski definition) is 5. The molecule has 1 heterocycles. The molecule has 6 aliphatic rings. The first-order chi connectivity index (χ1) is 23.1. The number of fused-ring (bicyclic) bond motifs is 7. The van der Waals surface area contributed by atoms with Crippen LogP contribution in [0.25, 0.3) is 0 Å². The smallest absolute Gasteiger partial charge is 0.430 e. The summed E-state index contributed by atoms with van der Waals surface area (Å²) >= 11 is 0. The molecule has 1 aliphatic heterocycles. The fraction of sp³-hybridized carbons (Fsp3) is 0.875. The Bertz CT molecular complexity index is 1500. The van der Waals surface area contributed by atoms with Gasteiger partial charge in [-0.15, -0.1) is 0 Å². The Kier molecular flexibility index (Phi) is 10.2. The van der Waals surface area contributed by atoms with Crippen LogP contribution in [0.4, 0.5) is 13.2 Å². The monoisotopic (exact) mass is 742 g/mol. The number of rotatable bonds is 8. The predicted octanol–water partition coefficient (Wildman–Crippen LogP) is 9.53. The predicted molar refractivity (Wildman–Crippen MR) is 202 cm³/mol.